The summed E-state index contributed by atoms with van der Waals surface area (Å²) in [5.74, 6) is 0. The minimum absolute atomic E-state index is 0.139. The molecule has 0 atom stereocenters. The summed E-state index contributed by atoms with van der Waals surface area (Å²) >= 11 is 1.44. The second-order valence-corrected chi connectivity index (χ2v) is 4.99. The first-order valence-corrected chi connectivity index (χ1v) is 4.49. The predicted molar refractivity (Wildman–Crippen MR) is 47.3 cm³/mol. The molecule has 2 heteroatoms. The molecule has 0 heterocycles. The highest BCUT2D eigenvalue weighted by Crippen LogP contribution is 2.29. The number of hydrogen-bond donors (Lipinski definition) is 0. The quantitative estimate of drug-likeness (QED) is 0.631. The molecule has 0 aromatic heterocycles. The summed E-state index contributed by atoms with van der Waals surface area (Å²) in [6.45, 7) is 8.00. The van der Waals surface area contributed by atoms with Crippen LogP contribution < -0.4 is 0 Å². The summed E-state index contributed by atoms with van der Waals surface area (Å²) in [6, 6.07) is 0. The molecule has 10 heavy (non-hydrogen) atoms. The average Bonchev–Trinajstić information content (AvgIpc) is 1.59. The second kappa shape index (κ2) is 4.02. The fourth-order valence-electron chi connectivity index (χ4n) is 1.04. The van der Waals surface area contributed by atoms with E-state index in [9.17, 15) is 4.79 Å². The Balaban J connectivity index is 3.74. The molecule has 0 rings (SSSR count). The van der Waals surface area contributed by atoms with Gasteiger partial charge < -0.3 is 0 Å². The Morgan fingerprint density at radius 2 is 2.00 bits per heavy atom. The highest BCUT2D eigenvalue weighted by Gasteiger charge is 2.18. The van der Waals surface area contributed by atoms with Gasteiger partial charge in [0.2, 0.25) is 0 Å². The van der Waals surface area contributed by atoms with Crippen molar-refractivity contribution in [2.24, 2.45) is 0 Å². The third-order valence-electron chi connectivity index (χ3n) is 1.27. The lowest BCUT2D eigenvalue weighted by molar-refractivity contribution is -0.109. The minimum atomic E-state index is 0.139. The molecule has 0 amide bonds. The fourth-order valence-corrected chi connectivity index (χ4v) is 2.13. The molecule has 1 nitrogen and oxygen atoms in total. The number of carbonyl (C=O) groups excluding carboxylic acids is 1. The van der Waals surface area contributed by atoms with Crippen LogP contribution in [0.4, 0.5) is 0 Å². The van der Waals surface area contributed by atoms with Gasteiger partial charge in [0.05, 0.1) is 0 Å². The summed E-state index contributed by atoms with van der Waals surface area (Å²) in [7, 11) is 0. The van der Waals surface area contributed by atoms with E-state index < -0.39 is 0 Å². The molecule has 0 radical (unpaired) electrons. The van der Waals surface area contributed by atoms with Crippen LogP contribution in [0, 0.1) is 0 Å². The minimum Gasteiger partial charge on any atom is -0.288 e. The summed E-state index contributed by atoms with van der Waals surface area (Å²) < 4.78 is 0.139. The lowest BCUT2D eigenvalue weighted by Crippen LogP contribution is -2.15. The number of rotatable bonds is 3. The zero-order valence-corrected chi connectivity index (χ0v) is 8.05. The van der Waals surface area contributed by atoms with Crippen molar-refractivity contribution in [3.8, 4) is 0 Å². The van der Waals surface area contributed by atoms with Crippen LogP contribution in [0.25, 0.3) is 0 Å². The van der Waals surface area contributed by atoms with Gasteiger partial charge in [-0.1, -0.05) is 39.0 Å². The highest BCUT2D eigenvalue weighted by molar-refractivity contribution is 8.14. The lowest BCUT2D eigenvalue weighted by Gasteiger charge is -2.20. The van der Waals surface area contributed by atoms with Crippen LogP contribution >= 0.6 is 11.8 Å². The molecule has 0 spiro atoms. The van der Waals surface area contributed by atoms with Crippen LogP contribution in [0.15, 0.2) is 0 Å². The Morgan fingerprint density at radius 1 is 1.50 bits per heavy atom. The molecule has 0 unspecified atom stereocenters. The van der Waals surface area contributed by atoms with E-state index in [1.807, 2.05) is 0 Å². The first-order chi connectivity index (χ1) is 4.48. The van der Waals surface area contributed by atoms with E-state index >= 15 is 0 Å². The van der Waals surface area contributed by atoms with Gasteiger partial charge in [-0.2, -0.15) is 0 Å². The highest BCUT2D eigenvalue weighted by atomic mass is 32.2. The maximum atomic E-state index is 10.7. The van der Waals surface area contributed by atoms with E-state index in [0.717, 1.165) is 12.8 Å². The molecule has 0 fully saturated rings. The standard InChI is InChI=1S/C8H16OS/c1-5-6-8(3,4)10-7(2)9/h5-6H2,1-4H3. The van der Waals surface area contributed by atoms with E-state index in [1.54, 1.807) is 6.92 Å². The van der Waals surface area contributed by atoms with Gasteiger partial charge in [-0.15, -0.1) is 0 Å². The van der Waals surface area contributed by atoms with Gasteiger partial charge in [-0.25, -0.2) is 0 Å². The molecule has 0 aromatic carbocycles. The Morgan fingerprint density at radius 3 is 2.30 bits per heavy atom. The zero-order valence-electron chi connectivity index (χ0n) is 7.23. The van der Waals surface area contributed by atoms with E-state index in [-0.39, 0.29) is 9.86 Å². The summed E-state index contributed by atoms with van der Waals surface area (Å²) in [6.07, 6.45) is 2.25. The molecule has 0 aliphatic heterocycles. The Kier molecular flexibility index (Phi) is 4.02. The number of hydrogen-bond acceptors (Lipinski definition) is 2. The van der Waals surface area contributed by atoms with Gasteiger partial charge in [0.15, 0.2) is 5.12 Å². The van der Waals surface area contributed by atoms with Crippen molar-refractivity contribution in [1.29, 1.82) is 0 Å². The van der Waals surface area contributed by atoms with Crippen molar-refractivity contribution in [2.45, 2.75) is 45.3 Å². The molecule has 0 bridgehead atoms. The smallest absolute Gasteiger partial charge is 0.186 e. The first kappa shape index (κ1) is 10.0. The number of carbonyl (C=O) groups is 1. The Labute approximate surface area is 67.6 Å². The van der Waals surface area contributed by atoms with Crippen molar-refractivity contribution in [3.63, 3.8) is 0 Å². The topological polar surface area (TPSA) is 17.1 Å². The predicted octanol–water partition coefficient (Wildman–Crippen LogP) is 2.84. The van der Waals surface area contributed by atoms with Gasteiger partial charge >= 0.3 is 0 Å². The summed E-state index contributed by atoms with van der Waals surface area (Å²) in [4.78, 5) is 10.7. The molecular formula is C8H16OS. The largest absolute Gasteiger partial charge is 0.288 e. The second-order valence-electron chi connectivity index (χ2n) is 3.10. The normalized spacial score (nSPS) is 11.6. The van der Waals surface area contributed by atoms with Gasteiger partial charge in [0, 0.05) is 11.7 Å². The molecule has 0 saturated heterocycles. The van der Waals surface area contributed by atoms with E-state index in [1.165, 1.54) is 11.8 Å². The van der Waals surface area contributed by atoms with Crippen molar-refractivity contribution in [2.75, 3.05) is 0 Å². The molecular weight excluding hydrogens is 144 g/mol. The van der Waals surface area contributed by atoms with Crippen LogP contribution in [-0.4, -0.2) is 9.86 Å². The Hall–Kier alpha value is 0.0200. The van der Waals surface area contributed by atoms with Gasteiger partial charge in [0.25, 0.3) is 0 Å². The van der Waals surface area contributed by atoms with Crippen LogP contribution in [0.2, 0.25) is 0 Å². The van der Waals surface area contributed by atoms with Crippen LogP contribution in [0.3, 0.4) is 0 Å². The van der Waals surface area contributed by atoms with E-state index in [4.69, 9.17) is 0 Å². The summed E-state index contributed by atoms with van der Waals surface area (Å²) in [5.41, 5.74) is 0. The maximum absolute atomic E-state index is 10.7. The molecule has 0 aliphatic rings. The average molecular weight is 160 g/mol. The third-order valence-corrected chi connectivity index (χ3v) is 2.32. The Bertz CT molecular complexity index is 118. The lowest BCUT2D eigenvalue weighted by atomic mass is 10.1. The van der Waals surface area contributed by atoms with Crippen molar-refractivity contribution >= 4 is 16.9 Å². The molecule has 0 aromatic rings. The van der Waals surface area contributed by atoms with Gasteiger partial charge in [-0.3, -0.25) is 4.79 Å². The molecule has 0 aliphatic carbocycles. The van der Waals surface area contributed by atoms with Crippen molar-refractivity contribution in [1.82, 2.24) is 0 Å². The van der Waals surface area contributed by atoms with E-state index in [2.05, 4.69) is 20.8 Å². The van der Waals surface area contributed by atoms with Crippen LogP contribution in [-0.2, 0) is 4.79 Å². The van der Waals surface area contributed by atoms with Crippen LogP contribution in [0.1, 0.15) is 40.5 Å². The monoisotopic (exact) mass is 160 g/mol. The van der Waals surface area contributed by atoms with Gasteiger partial charge in [0.1, 0.15) is 0 Å². The SMILES string of the molecule is CCCC(C)(C)SC(C)=O. The third kappa shape index (κ3) is 4.86. The summed E-state index contributed by atoms with van der Waals surface area (Å²) in [5, 5.41) is 0.221. The van der Waals surface area contributed by atoms with Crippen LogP contribution in [0.5, 0.6) is 0 Å². The number of thioether (sulfide) groups is 1. The zero-order chi connectivity index (χ0) is 8.20. The molecule has 0 saturated carbocycles. The van der Waals surface area contributed by atoms with Gasteiger partial charge in [-0.05, 0) is 6.42 Å². The van der Waals surface area contributed by atoms with E-state index in [0.29, 0.717) is 0 Å². The maximum Gasteiger partial charge on any atom is 0.186 e. The van der Waals surface area contributed by atoms with Crippen molar-refractivity contribution in [3.05, 3.63) is 0 Å². The fraction of sp³-hybridized carbons (Fsp3) is 0.875. The molecule has 0 N–H and O–H groups in total. The first-order valence-electron chi connectivity index (χ1n) is 3.67. The van der Waals surface area contributed by atoms with Crippen molar-refractivity contribution < 1.29 is 4.79 Å². The molecule has 60 valence electrons.